The number of hydrogen-bond acceptors (Lipinski definition) is 3. The molecule has 0 saturated carbocycles. The van der Waals surface area contributed by atoms with Crippen molar-refractivity contribution in [2.45, 2.75) is 47.1 Å². The van der Waals surface area contributed by atoms with E-state index in [4.69, 9.17) is 17.3 Å². The third-order valence-electron chi connectivity index (χ3n) is 3.42. The summed E-state index contributed by atoms with van der Waals surface area (Å²) in [5.41, 5.74) is 6.70. The second-order valence-corrected chi connectivity index (χ2v) is 6.54. The van der Waals surface area contributed by atoms with Gasteiger partial charge in [0.05, 0.1) is 5.02 Å². The van der Waals surface area contributed by atoms with Crippen molar-refractivity contribution in [1.29, 1.82) is 0 Å². The van der Waals surface area contributed by atoms with Gasteiger partial charge in [0.25, 0.3) is 0 Å². The summed E-state index contributed by atoms with van der Waals surface area (Å²) in [4.78, 5) is 6.79. The summed E-state index contributed by atoms with van der Waals surface area (Å²) in [7, 11) is 0. The molecule has 3 nitrogen and oxygen atoms in total. The van der Waals surface area contributed by atoms with Gasteiger partial charge >= 0.3 is 0 Å². The lowest BCUT2D eigenvalue weighted by Gasteiger charge is -2.27. The average Bonchev–Trinajstić information content (AvgIpc) is 2.39. The largest absolute Gasteiger partial charge is 0.355 e. The van der Waals surface area contributed by atoms with Crippen molar-refractivity contribution in [1.82, 2.24) is 4.98 Å². The minimum atomic E-state index is 0.455. The van der Waals surface area contributed by atoms with E-state index in [9.17, 15) is 0 Å². The second-order valence-electron chi connectivity index (χ2n) is 6.16. The van der Waals surface area contributed by atoms with E-state index >= 15 is 0 Å². The molecule has 0 aliphatic carbocycles. The minimum absolute atomic E-state index is 0.455. The van der Waals surface area contributed by atoms with Crippen molar-refractivity contribution in [2.24, 2.45) is 17.6 Å². The molecule has 0 aliphatic rings. The molecule has 4 heteroatoms. The standard InChI is InChI=1S/C16H28ClN3/c1-12(2)6-9-20(10-7-13(3)4)16-15(17)14(11-18)5-8-19-16/h5,8,12-13H,6-7,9-11,18H2,1-4H3. The fraction of sp³-hybridized carbons (Fsp3) is 0.688. The molecule has 114 valence electrons. The lowest BCUT2D eigenvalue weighted by molar-refractivity contribution is 0.533. The molecule has 1 heterocycles. The summed E-state index contributed by atoms with van der Waals surface area (Å²) in [6.07, 6.45) is 4.09. The van der Waals surface area contributed by atoms with Crippen molar-refractivity contribution >= 4 is 17.4 Å². The van der Waals surface area contributed by atoms with E-state index in [-0.39, 0.29) is 0 Å². The number of pyridine rings is 1. The first-order chi connectivity index (χ1) is 9.45. The van der Waals surface area contributed by atoms with Crippen molar-refractivity contribution in [2.75, 3.05) is 18.0 Å². The maximum absolute atomic E-state index is 6.45. The quantitative estimate of drug-likeness (QED) is 0.786. The van der Waals surface area contributed by atoms with Gasteiger partial charge in [-0.25, -0.2) is 4.98 Å². The van der Waals surface area contributed by atoms with Gasteiger partial charge in [-0.05, 0) is 36.3 Å². The fourth-order valence-corrected chi connectivity index (χ4v) is 2.31. The first kappa shape index (κ1) is 17.3. The SMILES string of the molecule is CC(C)CCN(CCC(C)C)c1nccc(CN)c1Cl. The van der Waals surface area contributed by atoms with E-state index in [0.29, 0.717) is 23.4 Å². The number of hydrogen-bond donors (Lipinski definition) is 1. The zero-order chi connectivity index (χ0) is 15.1. The van der Waals surface area contributed by atoms with E-state index in [2.05, 4.69) is 37.6 Å². The van der Waals surface area contributed by atoms with Crippen LogP contribution in [0.15, 0.2) is 12.3 Å². The molecule has 0 aromatic carbocycles. The van der Waals surface area contributed by atoms with Gasteiger partial charge < -0.3 is 10.6 Å². The van der Waals surface area contributed by atoms with E-state index in [0.717, 1.165) is 37.3 Å². The first-order valence-electron chi connectivity index (χ1n) is 7.54. The van der Waals surface area contributed by atoms with Gasteiger partial charge in [0, 0.05) is 25.8 Å². The number of aromatic nitrogens is 1. The summed E-state index contributed by atoms with van der Waals surface area (Å²) < 4.78 is 0. The van der Waals surface area contributed by atoms with Crippen LogP contribution in [-0.4, -0.2) is 18.1 Å². The highest BCUT2D eigenvalue weighted by atomic mass is 35.5. The van der Waals surface area contributed by atoms with Crippen LogP contribution >= 0.6 is 11.6 Å². The van der Waals surface area contributed by atoms with Crippen LogP contribution in [-0.2, 0) is 6.54 Å². The highest BCUT2D eigenvalue weighted by Crippen LogP contribution is 2.27. The molecule has 0 saturated heterocycles. The van der Waals surface area contributed by atoms with Crippen LogP contribution in [0, 0.1) is 11.8 Å². The van der Waals surface area contributed by atoms with Gasteiger partial charge in [-0.2, -0.15) is 0 Å². The molecular weight excluding hydrogens is 270 g/mol. The van der Waals surface area contributed by atoms with Crippen molar-refractivity contribution < 1.29 is 0 Å². The molecular formula is C16H28ClN3. The molecule has 0 radical (unpaired) electrons. The molecule has 0 atom stereocenters. The molecule has 1 aromatic rings. The Kier molecular flexibility index (Phi) is 7.31. The van der Waals surface area contributed by atoms with E-state index < -0.39 is 0 Å². The molecule has 2 N–H and O–H groups in total. The summed E-state index contributed by atoms with van der Waals surface area (Å²) in [5.74, 6) is 2.23. The van der Waals surface area contributed by atoms with Gasteiger partial charge in [-0.3, -0.25) is 0 Å². The molecule has 0 amide bonds. The Morgan fingerprint density at radius 2 is 1.70 bits per heavy atom. The lowest BCUT2D eigenvalue weighted by Crippen LogP contribution is -2.29. The monoisotopic (exact) mass is 297 g/mol. The molecule has 1 rings (SSSR count). The van der Waals surface area contributed by atoms with Crippen LogP contribution in [0.4, 0.5) is 5.82 Å². The van der Waals surface area contributed by atoms with Gasteiger partial charge in [0.1, 0.15) is 5.82 Å². The summed E-state index contributed by atoms with van der Waals surface area (Å²) >= 11 is 6.45. The zero-order valence-electron chi connectivity index (χ0n) is 13.2. The lowest BCUT2D eigenvalue weighted by atomic mass is 10.1. The molecule has 1 aromatic heterocycles. The molecule has 0 bridgehead atoms. The van der Waals surface area contributed by atoms with Gasteiger partial charge in [0.2, 0.25) is 0 Å². The normalized spacial score (nSPS) is 11.4. The number of anilines is 1. The second kappa shape index (κ2) is 8.48. The highest BCUT2D eigenvalue weighted by molar-refractivity contribution is 6.33. The zero-order valence-corrected chi connectivity index (χ0v) is 14.0. The molecule has 0 aliphatic heterocycles. The van der Waals surface area contributed by atoms with Crippen molar-refractivity contribution in [3.8, 4) is 0 Å². The maximum atomic E-state index is 6.45. The number of nitrogens with zero attached hydrogens (tertiary/aromatic N) is 2. The third kappa shape index (κ3) is 5.29. The first-order valence-corrected chi connectivity index (χ1v) is 7.91. The number of nitrogens with two attached hydrogens (primary N) is 1. The van der Waals surface area contributed by atoms with E-state index in [1.165, 1.54) is 0 Å². The summed E-state index contributed by atoms with van der Waals surface area (Å²) in [6, 6.07) is 1.90. The Labute approximate surface area is 128 Å². The Hall–Kier alpha value is -0.800. The van der Waals surface area contributed by atoms with Crippen molar-refractivity contribution in [3.63, 3.8) is 0 Å². The smallest absolute Gasteiger partial charge is 0.147 e. The topological polar surface area (TPSA) is 42.2 Å². The predicted octanol–water partition coefficient (Wildman–Crippen LogP) is 4.09. The van der Waals surface area contributed by atoms with Crippen LogP contribution in [0.25, 0.3) is 0 Å². The Balaban J connectivity index is 2.90. The molecule has 0 unspecified atom stereocenters. The van der Waals surface area contributed by atoms with Gasteiger partial charge in [0.15, 0.2) is 0 Å². The van der Waals surface area contributed by atoms with Crippen LogP contribution in [0.5, 0.6) is 0 Å². The summed E-state index contributed by atoms with van der Waals surface area (Å²) in [6.45, 7) is 11.4. The summed E-state index contributed by atoms with van der Waals surface area (Å²) in [5, 5.41) is 0.711. The molecule has 20 heavy (non-hydrogen) atoms. The molecule has 0 spiro atoms. The predicted molar refractivity (Wildman–Crippen MR) is 88.3 cm³/mol. The van der Waals surface area contributed by atoms with Crippen LogP contribution in [0.1, 0.15) is 46.1 Å². The van der Waals surface area contributed by atoms with Crippen LogP contribution in [0.3, 0.4) is 0 Å². The van der Waals surface area contributed by atoms with E-state index in [1.807, 2.05) is 6.07 Å². The van der Waals surface area contributed by atoms with E-state index in [1.54, 1.807) is 6.20 Å². The Morgan fingerprint density at radius 3 is 2.15 bits per heavy atom. The Morgan fingerprint density at radius 1 is 1.15 bits per heavy atom. The molecule has 0 fully saturated rings. The highest BCUT2D eigenvalue weighted by Gasteiger charge is 2.15. The third-order valence-corrected chi connectivity index (χ3v) is 3.83. The number of rotatable bonds is 8. The minimum Gasteiger partial charge on any atom is -0.355 e. The Bertz CT molecular complexity index is 393. The van der Waals surface area contributed by atoms with Gasteiger partial charge in [-0.1, -0.05) is 39.3 Å². The van der Waals surface area contributed by atoms with Crippen LogP contribution in [0.2, 0.25) is 5.02 Å². The fourth-order valence-electron chi connectivity index (χ4n) is 2.00. The van der Waals surface area contributed by atoms with Crippen molar-refractivity contribution in [3.05, 3.63) is 22.8 Å². The average molecular weight is 298 g/mol. The van der Waals surface area contributed by atoms with Gasteiger partial charge in [-0.15, -0.1) is 0 Å². The van der Waals surface area contributed by atoms with Crippen LogP contribution < -0.4 is 10.6 Å². The maximum Gasteiger partial charge on any atom is 0.147 e. The number of halogens is 1.